The molecule has 1 aromatic carbocycles. The van der Waals surface area contributed by atoms with Gasteiger partial charge in [-0.15, -0.1) is 11.8 Å². The Morgan fingerprint density at radius 1 is 1.30 bits per heavy atom. The molecule has 0 radical (unpaired) electrons. The first kappa shape index (κ1) is 13.7. The molecule has 0 amide bonds. The minimum absolute atomic E-state index is 0.201. The number of rotatable bonds is 2. The van der Waals surface area contributed by atoms with E-state index in [0.717, 1.165) is 10.6 Å². The van der Waals surface area contributed by atoms with Gasteiger partial charge in [0.1, 0.15) is 0 Å². The van der Waals surface area contributed by atoms with E-state index in [4.69, 9.17) is 11.6 Å². The van der Waals surface area contributed by atoms with Crippen molar-refractivity contribution in [2.24, 2.45) is 0 Å². The lowest BCUT2D eigenvalue weighted by molar-refractivity contribution is 0.591. The molecule has 1 aromatic heterocycles. The van der Waals surface area contributed by atoms with Crippen molar-refractivity contribution < 1.29 is 8.42 Å². The number of pyridine rings is 1. The van der Waals surface area contributed by atoms with Crippen molar-refractivity contribution in [1.29, 1.82) is 0 Å². The third-order valence-corrected chi connectivity index (χ3v) is 6.05. The summed E-state index contributed by atoms with van der Waals surface area (Å²) in [5.41, 5.74) is 0.628. The van der Waals surface area contributed by atoms with Gasteiger partial charge in [-0.3, -0.25) is 9.29 Å². The Bertz CT molecular complexity index is 750. The van der Waals surface area contributed by atoms with Gasteiger partial charge in [-0.05, 0) is 24.3 Å². The topological polar surface area (TPSA) is 50.3 Å². The second-order valence-electron chi connectivity index (χ2n) is 4.23. The molecule has 4 nitrogen and oxygen atoms in total. The molecule has 0 spiro atoms. The van der Waals surface area contributed by atoms with Gasteiger partial charge in [0.25, 0.3) is 10.0 Å². The number of sulfonamides is 1. The lowest BCUT2D eigenvalue weighted by atomic mass is 10.4. The number of benzene rings is 1. The van der Waals surface area contributed by atoms with Gasteiger partial charge in [0, 0.05) is 28.4 Å². The zero-order chi connectivity index (χ0) is 14.2. The lowest BCUT2D eigenvalue weighted by Crippen LogP contribution is -2.35. The van der Waals surface area contributed by atoms with Crippen LogP contribution in [0.2, 0.25) is 5.02 Å². The second kappa shape index (κ2) is 5.27. The molecular weight excluding hydrogens is 316 g/mol. The Morgan fingerprint density at radius 3 is 2.95 bits per heavy atom. The Balaban J connectivity index is 2.10. The van der Waals surface area contributed by atoms with Crippen molar-refractivity contribution in [2.45, 2.75) is 9.79 Å². The van der Waals surface area contributed by atoms with Crippen LogP contribution in [0.1, 0.15) is 0 Å². The maximum Gasteiger partial charge on any atom is 0.264 e. The molecule has 0 fully saturated rings. The normalized spacial score (nSPS) is 14.9. The molecule has 1 aliphatic heterocycles. The SMILES string of the molecule is O=S(=O)(c1cccc(Cl)c1)N1CCSc2ccncc21. The molecule has 104 valence electrons. The summed E-state index contributed by atoms with van der Waals surface area (Å²) in [6, 6.07) is 8.15. The Hall–Kier alpha value is -1.24. The van der Waals surface area contributed by atoms with Crippen LogP contribution in [0.3, 0.4) is 0 Å². The fourth-order valence-corrected chi connectivity index (χ4v) is 4.95. The average molecular weight is 327 g/mol. The predicted molar refractivity (Wildman–Crippen MR) is 80.9 cm³/mol. The molecule has 0 N–H and O–H groups in total. The summed E-state index contributed by atoms with van der Waals surface area (Å²) in [6.45, 7) is 0.429. The monoisotopic (exact) mass is 326 g/mol. The van der Waals surface area contributed by atoms with Gasteiger partial charge < -0.3 is 0 Å². The highest BCUT2D eigenvalue weighted by molar-refractivity contribution is 8.00. The van der Waals surface area contributed by atoms with Gasteiger partial charge >= 0.3 is 0 Å². The molecule has 0 atom stereocenters. The van der Waals surface area contributed by atoms with E-state index in [1.54, 1.807) is 42.4 Å². The molecule has 0 aliphatic carbocycles. The molecule has 1 aliphatic rings. The fourth-order valence-electron chi connectivity index (χ4n) is 2.05. The second-order valence-corrected chi connectivity index (χ2v) is 7.66. The van der Waals surface area contributed by atoms with E-state index in [9.17, 15) is 8.42 Å². The maximum absolute atomic E-state index is 12.7. The highest BCUT2D eigenvalue weighted by Gasteiger charge is 2.29. The maximum atomic E-state index is 12.7. The van der Waals surface area contributed by atoms with Crippen LogP contribution in [-0.4, -0.2) is 25.7 Å². The van der Waals surface area contributed by atoms with E-state index < -0.39 is 10.0 Å². The van der Waals surface area contributed by atoms with Gasteiger partial charge in [-0.2, -0.15) is 0 Å². The van der Waals surface area contributed by atoms with Gasteiger partial charge in [0.05, 0.1) is 16.8 Å². The van der Waals surface area contributed by atoms with Crippen molar-refractivity contribution in [3.8, 4) is 0 Å². The zero-order valence-electron chi connectivity index (χ0n) is 10.4. The highest BCUT2D eigenvalue weighted by Crippen LogP contribution is 2.37. The van der Waals surface area contributed by atoms with Crippen LogP contribution in [0.4, 0.5) is 5.69 Å². The van der Waals surface area contributed by atoms with E-state index in [-0.39, 0.29) is 4.90 Å². The summed E-state index contributed by atoms with van der Waals surface area (Å²) in [7, 11) is -3.60. The molecule has 0 saturated carbocycles. The summed E-state index contributed by atoms with van der Waals surface area (Å²) in [5.74, 6) is 0.719. The number of hydrogen-bond donors (Lipinski definition) is 0. The number of halogens is 1. The van der Waals surface area contributed by atoms with Crippen LogP contribution in [0, 0.1) is 0 Å². The van der Waals surface area contributed by atoms with Crippen LogP contribution in [0.25, 0.3) is 0 Å². The highest BCUT2D eigenvalue weighted by atomic mass is 35.5. The third kappa shape index (κ3) is 2.39. The first-order valence-corrected chi connectivity index (χ1v) is 8.74. The van der Waals surface area contributed by atoms with E-state index in [0.29, 0.717) is 17.3 Å². The smallest absolute Gasteiger partial charge is 0.263 e. The Morgan fingerprint density at radius 2 is 2.15 bits per heavy atom. The minimum Gasteiger partial charge on any atom is -0.263 e. The number of fused-ring (bicyclic) bond motifs is 1. The summed E-state index contributed by atoms with van der Waals surface area (Å²) >= 11 is 7.53. The van der Waals surface area contributed by atoms with Crippen LogP contribution >= 0.6 is 23.4 Å². The molecule has 2 heterocycles. The summed E-state index contributed by atoms with van der Waals surface area (Å²) < 4.78 is 26.9. The number of thioether (sulfide) groups is 1. The van der Waals surface area contributed by atoms with Crippen LogP contribution in [0.15, 0.2) is 52.5 Å². The zero-order valence-corrected chi connectivity index (χ0v) is 12.7. The molecule has 0 bridgehead atoms. The number of nitrogens with zero attached hydrogens (tertiary/aromatic N) is 2. The molecule has 0 unspecified atom stereocenters. The quantitative estimate of drug-likeness (QED) is 0.851. The molecule has 7 heteroatoms. The third-order valence-electron chi connectivity index (χ3n) is 2.97. The van der Waals surface area contributed by atoms with Gasteiger partial charge in [-0.25, -0.2) is 8.42 Å². The van der Waals surface area contributed by atoms with Crippen molar-refractivity contribution >= 4 is 39.1 Å². The van der Waals surface area contributed by atoms with Crippen LogP contribution in [-0.2, 0) is 10.0 Å². The standard InChI is InChI=1S/C13H11ClN2O2S2/c14-10-2-1-3-11(8-10)20(17,18)16-6-7-19-13-4-5-15-9-12(13)16/h1-5,8-9H,6-7H2. The molecular formula is C13H11ClN2O2S2. The lowest BCUT2D eigenvalue weighted by Gasteiger charge is -2.29. The average Bonchev–Trinajstić information content (AvgIpc) is 2.46. The number of hydrogen-bond acceptors (Lipinski definition) is 4. The molecule has 2 aromatic rings. The van der Waals surface area contributed by atoms with Gasteiger partial charge in [0.2, 0.25) is 0 Å². The van der Waals surface area contributed by atoms with Crippen LogP contribution < -0.4 is 4.31 Å². The number of anilines is 1. The van der Waals surface area contributed by atoms with E-state index >= 15 is 0 Å². The summed E-state index contributed by atoms with van der Waals surface area (Å²) in [5, 5.41) is 0.406. The van der Waals surface area contributed by atoms with Crippen LogP contribution in [0.5, 0.6) is 0 Å². The van der Waals surface area contributed by atoms with E-state index in [1.165, 1.54) is 10.4 Å². The Labute approximate surface area is 126 Å². The van der Waals surface area contributed by atoms with Gasteiger partial charge in [0.15, 0.2) is 0 Å². The summed E-state index contributed by atoms with van der Waals surface area (Å²) in [6.07, 6.45) is 3.25. The largest absolute Gasteiger partial charge is 0.264 e. The summed E-state index contributed by atoms with van der Waals surface area (Å²) in [4.78, 5) is 5.16. The minimum atomic E-state index is -3.60. The van der Waals surface area contributed by atoms with Gasteiger partial charge in [-0.1, -0.05) is 17.7 Å². The van der Waals surface area contributed by atoms with E-state index in [1.807, 2.05) is 6.07 Å². The molecule has 20 heavy (non-hydrogen) atoms. The fraction of sp³-hybridized carbons (Fsp3) is 0.154. The van der Waals surface area contributed by atoms with Crippen molar-refractivity contribution in [3.05, 3.63) is 47.7 Å². The first-order valence-electron chi connectivity index (χ1n) is 5.94. The van der Waals surface area contributed by atoms with Crippen molar-refractivity contribution in [3.63, 3.8) is 0 Å². The predicted octanol–water partition coefficient (Wildman–Crippen LogP) is 3.04. The molecule has 0 saturated heterocycles. The number of aromatic nitrogens is 1. The first-order chi connectivity index (χ1) is 9.59. The molecule has 3 rings (SSSR count). The van der Waals surface area contributed by atoms with Crippen molar-refractivity contribution in [1.82, 2.24) is 4.98 Å². The Kier molecular flexibility index (Phi) is 3.62. The van der Waals surface area contributed by atoms with E-state index in [2.05, 4.69) is 4.98 Å². The van der Waals surface area contributed by atoms with Crippen molar-refractivity contribution in [2.75, 3.05) is 16.6 Å².